The quantitative estimate of drug-likeness (QED) is 0.602. The Hall–Kier alpha value is -2.84. The number of aromatic hydroxyl groups is 1. The van der Waals surface area contributed by atoms with Crippen molar-refractivity contribution in [3.63, 3.8) is 0 Å². The molecule has 2 aromatic carbocycles. The van der Waals surface area contributed by atoms with Crippen LogP contribution in [-0.4, -0.2) is 36.8 Å². The van der Waals surface area contributed by atoms with Crippen molar-refractivity contribution in [1.82, 2.24) is 15.2 Å². The predicted octanol–water partition coefficient (Wildman–Crippen LogP) is 2.33. The van der Waals surface area contributed by atoms with Crippen LogP contribution in [0.1, 0.15) is 29.8 Å². The van der Waals surface area contributed by atoms with E-state index in [1.54, 1.807) is 26.0 Å². The summed E-state index contributed by atoms with van der Waals surface area (Å²) in [4.78, 5) is 12.4. The Morgan fingerprint density at radius 1 is 1.04 bits per heavy atom. The number of hydrogen-bond acceptors (Lipinski definition) is 5. The van der Waals surface area contributed by atoms with Crippen LogP contribution in [0.2, 0.25) is 0 Å². The zero-order chi connectivity index (χ0) is 20.0. The number of rotatable bonds is 8. The molecule has 0 unspecified atom stereocenters. The zero-order valence-electron chi connectivity index (χ0n) is 15.3. The van der Waals surface area contributed by atoms with Gasteiger partial charge in [0.1, 0.15) is 5.75 Å². The first-order valence-corrected chi connectivity index (χ1v) is 9.88. The standard InChI is InChI=1S/C19H23N3O4S/c1-4-22(5-2)27(25,26)18-8-6-7-16(13-18)19(24)21-20-14(3)15-9-11-17(23)12-10-15/h6-13,20,23H,3-5H2,1-2H3,(H,21,24). The van der Waals surface area contributed by atoms with Crippen LogP contribution in [0, 0.1) is 0 Å². The monoisotopic (exact) mass is 389 g/mol. The number of carbonyl (C=O) groups is 1. The number of sulfonamides is 1. The Bertz CT molecular complexity index is 920. The van der Waals surface area contributed by atoms with E-state index in [9.17, 15) is 18.3 Å². The lowest BCUT2D eigenvalue weighted by atomic mass is 10.2. The summed E-state index contributed by atoms with van der Waals surface area (Å²) in [6.45, 7) is 8.03. The summed E-state index contributed by atoms with van der Waals surface area (Å²) < 4.78 is 26.5. The molecule has 0 saturated carbocycles. The predicted molar refractivity (Wildman–Crippen MR) is 104 cm³/mol. The molecule has 0 fully saturated rings. The van der Waals surface area contributed by atoms with Gasteiger partial charge >= 0.3 is 0 Å². The number of hydrogen-bond donors (Lipinski definition) is 3. The van der Waals surface area contributed by atoms with Gasteiger partial charge in [-0.1, -0.05) is 26.5 Å². The normalized spacial score (nSPS) is 11.2. The summed E-state index contributed by atoms with van der Waals surface area (Å²) in [5.74, 6) is -0.367. The van der Waals surface area contributed by atoms with Gasteiger partial charge < -0.3 is 5.11 Å². The molecule has 0 saturated heterocycles. The van der Waals surface area contributed by atoms with Gasteiger partial charge in [-0.3, -0.25) is 15.6 Å². The second-order valence-corrected chi connectivity index (χ2v) is 7.66. The van der Waals surface area contributed by atoms with Crippen molar-refractivity contribution in [2.45, 2.75) is 18.7 Å². The molecule has 0 atom stereocenters. The average Bonchev–Trinajstić information content (AvgIpc) is 2.67. The number of nitrogens with zero attached hydrogens (tertiary/aromatic N) is 1. The van der Waals surface area contributed by atoms with Crippen LogP contribution < -0.4 is 10.9 Å². The Balaban J connectivity index is 2.11. The molecule has 0 radical (unpaired) electrons. The first kappa shape index (κ1) is 20.5. The molecule has 27 heavy (non-hydrogen) atoms. The molecule has 1 amide bonds. The van der Waals surface area contributed by atoms with Crippen molar-refractivity contribution in [2.24, 2.45) is 0 Å². The fraction of sp³-hybridized carbons (Fsp3) is 0.211. The number of nitrogens with one attached hydrogen (secondary N) is 2. The van der Waals surface area contributed by atoms with Crippen LogP contribution in [0.25, 0.3) is 5.70 Å². The smallest absolute Gasteiger partial charge is 0.269 e. The SMILES string of the molecule is C=C(NNC(=O)c1cccc(S(=O)(=O)N(CC)CC)c1)c1ccc(O)cc1. The second-order valence-electron chi connectivity index (χ2n) is 5.72. The highest BCUT2D eigenvalue weighted by Gasteiger charge is 2.22. The van der Waals surface area contributed by atoms with Crippen molar-refractivity contribution in [1.29, 1.82) is 0 Å². The second kappa shape index (κ2) is 8.70. The van der Waals surface area contributed by atoms with Gasteiger partial charge in [0.05, 0.1) is 10.6 Å². The van der Waals surface area contributed by atoms with Crippen LogP contribution in [0.3, 0.4) is 0 Å². The van der Waals surface area contributed by atoms with E-state index in [0.717, 1.165) is 0 Å². The molecule has 0 aliphatic carbocycles. The number of hydrazine groups is 1. The molecule has 2 rings (SSSR count). The lowest BCUT2D eigenvalue weighted by Gasteiger charge is -2.18. The molecular formula is C19H23N3O4S. The van der Waals surface area contributed by atoms with Gasteiger partial charge in [-0.05, 0) is 48.0 Å². The number of phenolic OH excluding ortho intramolecular Hbond substituents is 1. The molecule has 0 aromatic heterocycles. The summed E-state index contributed by atoms with van der Waals surface area (Å²) in [6, 6.07) is 12.2. The van der Waals surface area contributed by atoms with Gasteiger partial charge in [-0.2, -0.15) is 4.31 Å². The van der Waals surface area contributed by atoms with Gasteiger partial charge in [0, 0.05) is 18.7 Å². The Morgan fingerprint density at radius 2 is 1.67 bits per heavy atom. The topological polar surface area (TPSA) is 98.7 Å². The third kappa shape index (κ3) is 4.87. The van der Waals surface area contributed by atoms with Gasteiger partial charge in [-0.25, -0.2) is 8.42 Å². The van der Waals surface area contributed by atoms with E-state index in [1.807, 2.05) is 0 Å². The first-order chi connectivity index (χ1) is 12.8. The van der Waals surface area contributed by atoms with E-state index in [1.165, 1.54) is 40.7 Å². The first-order valence-electron chi connectivity index (χ1n) is 8.44. The third-order valence-electron chi connectivity index (χ3n) is 3.98. The van der Waals surface area contributed by atoms with E-state index >= 15 is 0 Å². The average molecular weight is 389 g/mol. The maximum atomic E-state index is 12.6. The number of phenols is 1. The summed E-state index contributed by atoms with van der Waals surface area (Å²) in [6.07, 6.45) is 0. The van der Waals surface area contributed by atoms with E-state index < -0.39 is 15.9 Å². The number of carbonyl (C=O) groups excluding carboxylic acids is 1. The van der Waals surface area contributed by atoms with Crippen LogP contribution in [0.4, 0.5) is 0 Å². The minimum atomic E-state index is -3.64. The summed E-state index contributed by atoms with van der Waals surface area (Å²) in [5.41, 5.74) is 6.49. The Morgan fingerprint density at radius 3 is 2.26 bits per heavy atom. The fourth-order valence-electron chi connectivity index (χ4n) is 2.45. The van der Waals surface area contributed by atoms with Crippen molar-refractivity contribution < 1.29 is 18.3 Å². The zero-order valence-corrected chi connectivity index (χ0v) is 16.1. The maximum Gasteiger partial charge on any atom is 0.269 e. The van der Waals surface area contributed by atoms with E-state index in [-0.39, 0.29) is 16.2 Å². The molecule has 0 spiro atoms. The fourth-order valence-corrected chi connectivity index (χ4v) is 3.95. The third-order valence-corrected chi connectivity index (χ3v) is 6.03. The number of benzene rings is 2. The molecule has 0 heterocycles. The van der Waals surface area contributed by atoms with Gasteiger partial charge in [-0.15, -0.1) is 0 Å². The highest BCUT2D eigenvalue weighted by molar-refractivity contribution is 7.89. The molecule has 0 aliphatic rings. The lowest BCUT2D eigenvalue weighted by molar-refractivity contribution is 0.0942. The van der Waals surface area contributed by atoms with Crippen LogP contribution >= 0.6 is 0 Å². The minimum Gasteiger partial charge on any atom is -0.508 e. The summed E-state index contributed by atoms with van der Waals surface area (Å²) >= 11 is 0. The van der Waals surface area contributed by atoms with Crippen LogP contribution in [0.15, 0.2) is 60.0 Å². The largest absolute Gasteiger partial charge is 0.508 e. The van der Waals surface area contributed by atoms with Gasteiger partial charge in [0.25, 0.3) is 5.91 Å². The highest BCUT2D eigenvalue weighted by Crippen LogP contribution is 2.17. The molecule has 0 aliphatic heterocycles. The molecule has 8 heteroatoms. The van der Waals surface area contributed by atoms with Crippen molar-refractivity contribution in [3.05, 3.63) is 66.2 Å². The number of amides is 1. The van der Waals surface area contributed by atoms with E-state index in [2.05, 4.69) is 17.4 Å². The molecule has 3 N–H and O–H groups in total. The van der Waals surface area contributed by atoms with Gasteiger partial charge in [0.2, 0.25) is 10.0 Å². The molecule has 7 nitrogen and oxygen atoms in total. The Labute approximate surface area is 159 Å². The summed E-state index contributed by atoms with van der Waals surface area (Å²) in [5, 5.41) is 9.30. The summed E-state index contributed by atoms with van der Waals surface area (Å²) in [7, 11) is -3.64. The minimum absolute atomic E-state index is 0.0659. The van der Waals surface area contributed by atoms with Crippen molar-refractivity contribution in [3.8, 4) is 5.75 Å². The van der Waals surface area contributed by atoms with E-state index in [4.69, 9.17) is 0 Å². The Kier molecular flexibility index (Phi) is 6.59. The molecule has 144 valence electrons. The van der Waals surface area contributed by atoms with Crippen molar-refractivity contribution >= 4 is 21.6 Å². The van der Waals surface area contributed by atoms with Gasteiger partial charge in [0.15, 0.2) is 0 Å². The maximum absolute atomic E-state index is 12.6. The molecular weight excluding hydrogens is 366 g/mol. The van der Waals surface area contributed by atoms with Crippen LogP contribution in [-0.2, 0) is 10.0 Å². The highest BCUT2D eigenvalue weighted by atomic mass is 32.2. The van der Waals surface area contributed by atoms with Crippen LogP contribution in [0.5, 0.6) is 5.75 Å². The lowest BCUT2D eigenvalue weighted by Crippen LogP contribution is -2.36. The van der Waals surface area contributed by atoms with Crippen molar-refractivity contribution in [2.75, 3.05) is 13.1 Å². The molecule has 0 bridgehead atoms. The molecule has 2 aromatic rings. The van der Waals surface area contributed by atoms with E-state index in [0.29, 0.717) is 24.4 Å².